The average molecular weight is 472 g/mol. The number of piperazine rings is 1. The summed E-state index contributed by atoms with van der Waals surface area (Å²) >= 11 is 6.53. The number of aliphatic hydroxyl groups excluding tert-OH is 1. The molecule has 2 saturated heterocycles. The third-order valence-corrected chi connectivity index (χ3v) is 6.99. The van der Waals surface area contributed by atoms with Crippen molar-refractivity contribution in [2.45, 2.75) is 6.92 Å². The molecule has 2 aromatic heterocycles. The lowest BCUT2D eigenvalue weighted by molar-refractivity contribution is -0.121. The number of pyridine rings is 1. The molecule has 4 rings (SSSR count). The molecule has 10 heteroatoms. The molecule has 2 fully saturated rings. The summed E-state index contributed by atoms with van der Waals surface area (Å²) in [5.41, 5.74) is 1.65. The number of amides is 1. The second-order valence-electron chi connectivity index (χ2n) is 7.67. The van der Waals surface area contributed by atoms with Crippen LogP contribution in [0.3, 0.4) is 0 Å². The van der Waals surface area contributed by atoms with Gasteiger partial charge < -0.3 is 10.0 Å². The SMILES string of the molecule is C=CCN1C(=O)C(=Cc2c(N3CCN(CCO)CC3)nc3c(C)cccn3c2=O)SC1=S. The number of aryl methyl sites for hydroxylation is 1. The molecule has 4 heterocycles. The maximum absolute atomic E-state index is 13.5. The van der Waals surface area contributed by atoms with Gasteiger partial charge in [-0.1, -0.05) is 36.1 Å². The van der Waals surface area contributed by atoms with Crippen LogP contribution in [0.15, 0.2) is 40.7 Å². The lowest BCUT2D eigenvalue weighted by Crippen LogP contribution is -2.48. The van der Waals surface area contributed by atoms with Crippen LogP contribution in [0.25, 0.3) is 11.7 Å². The Morgan fingerprint density at radius 1 is 1.28 bits per heavy atom. The van der Waals surface area contributed by atoms with E-state index in [0.29, 0.717) is 52.4 Å². The minimum atomic E-state index is -0.229. The number of fused-ring (bicyclic) bond motifs is 1. The number of rotatable bonds is 6. The van der Waals surface area contributed by atoms with Gasteiger partial charge in [0, 0.05) is 45.5 Å². The molecule has 168 valence electrons. The van der Waals surface area contributed by atoms with Crippen LogP contribution in [0, 0.1) is 6.92 Å². The molecule has 2 aliphatic heterocycles. The number of thiocarbonyl (C=S) groups is 1. The quantitative estimate of drug-likeness (QED) is 0.386. The van der Waals surface area contributed by atoms with E-state index in [-0.39, 0.29) is 18.1 Å². The van der Waals surface area contributed by atoms with Gasteiger partial charge in [0.15, 0.2) is 0 Å². The number of hydrogen-bond donors (Lipinski definition) is 1. The molecule has 0 aliphatic carbocycles. The van der Waals surface area contributed by atoms with E-state index in [1.807, 2.05) is 19.1 Å². The van der Waals surface area contributed by atoms with Gasteiger partial charge in [-0.05, 0) is 24.6 Å². The molecule has 0 unspecified atom stereocenters. The molecule has 1 N–H and O–H groups in total. The van der Waals surface area contributed by atoms with Gasteiger partial charge in [-0.2, -0.15) is 0 Å². The number of carbonyl (C=O) groups excluding carboxylic acids is 1. The highest BCUT2D eigenvalue weighted by molar-refractivity contribution is 8.26. The van der Waals surface area contributed by atoms with E-state index in [1.165, 1.54) is 21.1 Å². The van der Waals surface area contributed by atoms with Gasteiger partial charge in [0.2, 0.25) is 0 Å². The van der Waals surface area contributed by atoms with Crippen molar-refractivity contribution in [3.63, 3.8) is 0 Å². The number of hydrogen-bond acceptors (Lipinski definition) is 8. The van der Waals surface area contributed by atoms with Crippen LogP contribution in [0.4, 0.5) is 5.82 Å². The van der Waals surface area contributed by atoms with Gasteiger partial charge >= 0.3 is 0 Å². The zero-order valence-corrected chi connectivity index (χ0v) is 19.5. The number of nitrogens with zero attached hydrogens (tertiary/aromatic N) is 5. The van der Waals surface area contributed by atoms with Crippen LogP contribution in [-0.2, 0) is 4.79 Å². The standard InChI is InChI=1S/C22H25N5O3S2/c1-3-6-27-21(30)17(32-22(27)31)14-16-19(25-10-8-24(9-11-25)12-13-28)23-18-15(2)5-4-7-26(18)20(16)29/h3-5,7,14,28H,1,6,8-13H2,2H3. The maximum atomic E-state index is 13.5. The molecule has 0 aromatic carbocycles. The van der Waals surface area contributed by atoms with Crippen molar-refractivity contribution >= 4 is 51.7 Å². The average Bonchev–Trinajstić information content (AvgIpc) is 3.04. The fourth-order valence-electron chi connectivity index (χ4n) is 3.91. The van der Waals surface area contributed by atoms with Crippen molar-refractivity contribution in [2.75, 3.05) is 50.8 Å². The molecule has 0 radical (unpaired) electrons. The first-order valence-corrected chi connectivity index (χ1v) is 11.6. The van der Waals surface area contributed by atoms with E-state index in [1.54, 1.807) is 18.3 Å². The van der Waals surface area contributed by atoms with Crippen LogP contribution in [0.5, 0.6) is 0 Å². The van der Waals surface area contributed by atoms with E-state index in [0.717, 1.165) is 18.7 Å². The van der Waals surface area contributed by atoms with Crippen LogP contribution >= 0.6 is 24.0 Å². The van der Waals surface area contributed by atoms with Gasteiger partial charge in [0.05, 0.1) is 17.1 Å². The largest absolute Gasteiger partial charge is 0.395 e. The molecular weight excluding hydrogens is 446 g/mol. The monoisotopic (exact) mass is 471 g/mol. The summed E-state index contributed by atoms with van der Waals surface area (Å²) in [6.45, 7) is 9.54. The van der Waals surface area contributed by atoms with E-state index in [9.17, 15) is 14.7 Å². The molecular formula is C22H25N5O3S2. The number of aliphatic hydroxyl groups is 1. The number of aromatic nitrogens is 2. The second kappa shape index (κ2) is 9.53. The minimum Gasteiger partial charge on any atom is -0.395 e. The highest BCUT2D eigenvalue weighted by atomic mass is 32.2. The molecule has 8 nitrogen and oxygen atoms in total. The predicted octanol–water partition coefficient (Wildman–Crippen LogP) is 1.50. The topological polar surface area (TPSA) is 81.4 Å². The lowest BCUT2D eigenvalue weighted by Gasteiger charge is -2.35. The van der Waals surface area contributed by atoms with Crippen LogP contribution < -0.4 is 10.5 Å². The Balaban J connectivity index is 1.81. The maximum Gasteiger partial charge on any atom is 0.267 e. The highest BCUT2D eigenvalue weighted by Gasteiger charge is 2.32. The summed E-state index contributed by atoms with van der Waals surface area (Å²) in [5, 5.41) is 9.22. The van der Waals surface area contributed by atoms with Gasteiger partial charge in [0.25, 0.3) is 11.5 Å². The molecule has 2 aliphatic rings. The van der Waals surface area contributed by atoms with E-state index in [2.05, 4.69) is 16.4 Å². The van der Waals surface area contributed by atoms with Crippen molar-refractivity contribution < 1.29 is 9.90 Å². The Hall–Kier alpha value is -2.53. The highest BCUT2D eigenvalue weighted by Crippen LogP contribution is 2.33. The smallest absolute Gasteiger partial charge is 0.267 e. The van der Waals surface area contributed by atoms with E-state index < -0.39 is 0 Å². The fraction of sp³-hybridized carbons (Fsp3) is 0.364. The van der Waals surface area contributed by atoms with Crippen molar-refractivity contribution in [1.82, 2.24) is 19.2 Å². The first kappa shape index (κ1) is 22.7. The second-order valence-corrected chi connectivity index (χ2v) is 9.35. The van der Waals surface area contributed by atoms with Crippen LogP contribution in [-0.4, -0.2) is 80.4 Å². The Bertz CT molecular complexity index is 1170. The molecule has 0 bridgehead atoms. The van der Waals surface area contributed by atoms with Gasteiger partial charge in [-0.25, -0.2) is 4.98 Å². The zero-order chi connectivity index (χ0) is 22.8. The molecule has 0 spiro atoms. The summed E-state index contributed by atoms with van der Waals surface area (Å²) in [4.78, 5) is 37.4. The first-order valence-electron chi connectivity index (χ1n) is 10.4. The molecule has 0 atom stereocenters. The van der Waals surface area contributed by atoms with Gasteiger partial charge in [0.1, 0.15) is 15.8 Å². The van der Waals surface area contributed by atoms with E-state index in [4.69, 9.17) is 17.2 Å². The van der Waals surface area contributed by atoms with Gasteiger partial charge in [-0.15, -0.1) is 6.58 Å². The molecule has 0 saturated carbocycles. The summed E-state index contributed by atoms with van der Waals surface area (Å²) < 4.78 is 1.97. The number of anilines is 1. The Labute approximate surface area is 195 Å². The Kier molecular flexibility index (Phi) is 6.75. The number of carbonyl (C=O) groups is 1. The van der Waals surface area contributed by atoms with Crippen molar-refractivity contribution in [2.24, 2.45) is 0 Å². The van der Waals surface area contributed by atoms with Crippen molar-refractivity contribution in [3.05, 3.63) is 57.4 Å². The van der Waals surface area contributed by atoms with Crippen LogP contribution in [0.1, 0.15) is 11.1 Å². The van der Waals surface area contributed by atoms with Gasteiger partial charge in [-0.3, -0.25) is 23.8 Å². The summed E-state index contributed by atoms with van der Waals surface area (Å²) in [6.07, 6.45) is 4.95. The third-order valence-electron chi connectivity index (χ3n) is 5.61. The summed E-state index contributed by atoms with van der Waals surface area (Å²) in [7, 11) is 0. The summed E-state index contributed by atoms with van der Waals surface area (Å²) in [6, 6.07) is 3.73. The molecule has 32 heavy (non-hydrogen) atoms. The minimum absolute atomic E-state index is 0.118. The van der Waals surface area contributed by atoms with E-state index >= 15 is 0 Å². The van der Waals surface area contributed by atoms with Crippen LogP contribution in [0.2, 0.25) is 0 Å². The number of thioether (sulfide) groups is 1. The lowest BCUT2D eigenvalue weighted by atomic mass is 10.2. The molecule has 2 aromatic rings. The molecule has 1 amide bonds. The zero-order valence-electron chi connectivity index (χ0n) is 17.9. The Morgan fingerprint density at radius 3 is 2.72 bits per heavy atom. The van der Waals surface area contributed by atoms with Crippen molar-refractivity contribution in [3.8, 4) is 0 Å². The van der Waals surface area contributed by atoms with Crippen molar-refractivity contribution in [1.29, 1.82) is 0 Å². The number of β-amino-alcohol motifs (C(OH)–C–C–N with tert-alkyl or cyclic N) is 1. The first-order chi connectivity index (χ1) is 15.4. The summed E-state index contributed by atoms with van der Waals surface area (Å²) in [5.74, 6) is 0.342. The third kappa shape index (κ3) is 4.23. The normalized spacial score (nSPS) is 18.9. The fourth-order valence-corrected chi connectivity index (χ4v) is 5.17. The predicted molar refractivity (Wildman–Crippen MR) is 132 cm³/mol. The Morgan fingerprint density at radius 2 is 2.03 bits per heavy atom.